The minimum absolute atomic E-state index is 0.00495. The van der Waals surface area contributed by atoms with E-state index in [-0.39, 0.29) is 17.0 Å². The molecular formula is C34H34N8O2S2. The predicted octanol–water partition coefficient (Wildman–Crippen LogP) is 5.08. The van der Waals surface area contributed by atoms with Crippen LogP contribution in [0.3, 0.4) is 0 Å². The molecule has 2 unspecified atom stereocenters. The molecule has 2 aliphatic heterocycles. The summed E-state index contributed by atoms with van der Waals surface area (Å²) in [6.07, 6.45) is 8.90. The molecule has 2 atom stereocenters. The minimum atomic E-state index is -0.155. The highest BCUT2D eigenvalue weighted by molar-refractivity contribution is 7.17. The molecule has 0 bridgehead atoms. The lowest BCUT2D eigenvalue weighted by Gasteiger charge is -2.31. The Kier molecular flexibility index (Phi) is 8.03. The SMILES string of the molecule is O=c1[nH]c(-c2ccc(C(c3csc4c(=O)[nH]c(-c5ccccn5)nc34)C3CCNCC3)cn2)nc2c(CC3CCCNC3)csc12. The standard InChI is InChI=1S/C34H34N8O2S2/c43-33-29-27(22(17-45-29)14-19-4-3-10-36-15-19)39-32(42-33)25-7-6-21(16-38-25)26(20-8-12-35-13-9-20)23-18-46-30-28(23)40-31(41-34(30)44)24-5-1-2-11-37-24/h1-2,5-7,11,16-20,26,35-36H,3-4,8-10,12-15H2,(H,39,42,43)(H,40,41,44). The molecule has 8 heterocycles. The minimum Gasteiger partial charge on any atom is -0.317 e. The maximum absolute atomic E-state index is 13.2. The van der Waals surface area contributed by atoms with E-state index in [1.54, 1.807) is 6.20 Å². The van der Waals surface area contributed by atoms with Crippen molar-refractivity contribution in [3.63, 3.8) is 0 Å². The van der Waals surface area contributed by atoms with Gasteiger partial charge in [0.25, 0.3) is 11.1 Å². The van der Waals surface area contributed by atoms with E-state index in [2.05, 4.69) is 42.4 Å². The average Bonchev–Trinajstić information content (AvgIpc) is 3.71. The molecule has 0 radical (unpaired) electrons. The van der Waals surface area contributed by atoms with E-state index < -0.39 is 0 Å². The van der Waals surface area contributed by atoms with Crippen molar-refractivity contribution < 1.29 is 0 Å². The Morgan fingerprint density at radius 2 is 1.57 bits per heavy atom. The monoisotopic (exact) mass is 650 g/mol. The number of nitrogens with zero attached hydrogens (tertiary/aromatic N) is 4. The summed E-state index contributed by atoms with van der Waals surface area (Å²) in [5, 5.41) is 11.2. The smallest absolute Gasteiger partial charge is 0.269 e. The number of hydrogen-bond acceptors (Lipinski definition) is 10. The maximum atomic E-state index is 13.2. The van der Waals surface area contributed by atoms with Crippen molar-refractivity contribution in [2.45, 2.75) is 38.0 Å². The third kappa shape index (κ3) is 5.59. The number of H-pyrrole nitrogens is 2. The number of hydrogen-bond donors (Lipinski definition) is 4. The fraction of sp³-hybridized carbons (Fsp3) is 0.353. The number of piperidine rings is 2. The average molecular weight is 651 g/mol. The molecule has 46 heavy (non-hydrogen) atoms. The highest BCUT2D eigenvalue weighted by Crippen LogP contribution is 2.41. The largest absolute Gasteiger partial charge is 0.317 e. The molecule has 234 valence electrons. The molecule has 12 heteroatoms. The summed E-state index contributed by atoms with van der Waals surface area (Å²) in [4.78, 5) is 51.4. The van der Waals surface area contributed by atoms with Crippen LogP contribution in [-0.2, 0) is 6.42 Å². The van der Waals surface area contributed by atoms with Crippen LogP contribution in [0.5, 0.6) is 0 Å². The Bertz CT molecular complexity index is 2110. The van der Waals surface area contributed by atoms with Crippen molar-refractivity contribution in [2.24, 2.45) is 11.8 Å². The van der Waals surface area contributed by atoms with E-state index in [4.69, 9.17) is 15.0 Å². The maximum Gasteiger partial charge on any atom is 0.269 e. The van der Waals surface area contributed by atoms with E-state index in [0.29, 0.717) is 44.3 Å². The Morgan fingerprint density at radius 3 is 2.28 bits per heavy atom. The molecule has 2 fully saturated rings. The second-order valence-electron chi connectivity index (χ2n) is 12.3. The van der Waals surface area contributed by atoms with Gasteiger partial charge >= 0.3 is 0 Å². The highest BCUT2D eigenvalue weighted by Gasteiger charge is 2.30. The summed E-state index contributed by atoms with van der Waals surface area (Å²) in [6, 6.07) is 9.64. The van der Waals surface area contributed by atoms with Crippen LogP contribution in [0.1, 0.15) is 48.3 Å². The van der Waals surface area contributed by atoms with Gasteiger partial charge in [0, 0.05) is 18.3 Å². The lowest BCUT2D eigenvalue weighted by Crippen LogP contribution is -2.31. The molecule has 4 N–H and O–H groups in total. The zero-order valence-electron chi connectivity index (χ0n) is 25.2. The molecule has 6 aromatic rings. The van der Waals surface area contributed by atoms with Crippen LogP contribution in [-0.4, -0.2) is 56.1 Å². The summed E-state index contributed by atoms with van der Waals surface area (Å²) in [7, 11) is 0. The third-order valence-electron chi connectivity index (χ3n) is 9.35. The van der Waals surface area contributed by atoms with Crippen LogP contribution in [0.4, 0.5) is 0 Å². The van der Waals surface area contributed by atoms with E-state index in [1.807, 2.05) is 30.5 Å². The first-order valence-corrected chi connectivity index (χ1v) is 17.7. The van der Waals surface area contributed by atoms with Gasteiger partial charge in [0.05, 0.1) is 11.0 Å². The molecular weight excluding hydrogens is 617 g/mol. The van der Waals surface area contributed by atoms with Gasteiger partial charge < -0.3 is 20.6 Å². The summed E-state index contributed by atoms with van der Waals surface area (Å²) < 4.78 is 1.28. The quantitative estimate of drug-likeness (QED) is 0.188. The molecule has 10 nitrogen and oxygen atoms in total. The first-order chi connectivity index (χ1) is 22.6. The molecule has 0 spiro atoms. The zero-order chi connectivity index (χ0) is 31.0. The van der Waals surface area contributed by atoms with Crippen molar-refractivity contribution in [1.82, 2.24) is 40.5 Å². The van der Waals surface area contributed by atoms with Gasteiger partial charge in [0.2, 0.25) is 0 Å². The van der Waals surface area contributed by atoms with Crippen LogP contribution < -0.4 is 21.8 Å². The van der Waals surface area contributed by atoms with Gasteiger partial charge in [0.1, 0.15) is 20.8 Å². The fourth-order valence-electron chi connectivity index (χ4n) is 7.05. The van der Waals surface area contributed by atoms with Gasteiger partial charge in [-0.1, -0.05) is 12.1 Å². The van der Waals surface area contributed by atoms with Crippen molar-refractivity contribution in [3.05, 3.63) is 90.9 Å². The molecule has 2 saturated heterocycles. The molecule has 6 aromatic heterocycles. The second-order valence-corrected chi connectivity index (χ2v) is 14.1. The highest BCUT2D eigenvalue weighted by atomic mass is 32.1. The van der Waals surface area contributed by atoms with Crippen LogP contribution in [0.2, 0.25) is 0 Å². The number of rotatable bonds is 7. The van der Waals surface area contributed by atoms with Crippen LogP contribution >= 0.6 is 22.7 Å². The molecule has 0 saturated carbocycles. The number of aromatic amines is 2. The van der Waals surface area contributed by atoms with Crippen molar-refractivity contribution in [2.75, 3.05) is 26.2 Å². The van der Waals surface area contributed by atoms with Gasteiger partial charge in [0.15, 0.2) is 11.6 Å². The van der Waals surface area contributed by atoms with Gasteiger partial charge in [-0.2, -0.15) is 0 Å². The Morgan fingerprint density at radius 1 is 0.804 bits per heavy atom. The van der Waals surface area contributed by atoms with Gasteiger partial charge in [-0.3, -0.25) is 19.6 Å². The predicted molar refractivity (Wildman–Crippen MR) is 184 cm³/mol. The number of nitrogens with one attached hydrogen (secondary N) is 4. The summed E-state index contributed by atoms with van der Waals surface area (Å²) in [5.41, 5.74) is 5.73. The topological polar surface area (TPSA) is 141 Å². The molecule has 0 aromatic carbocycles. The first-order valence-electron chi connectivity index (χ1n) is 15.9. The Hall–Kier alpha value is -4.10. The summed E-state index contributed by atoms with van der Waals surface area (Å²) >= 11 is 2.90. The van der Waals surface area contributed by atoms with Crippen molar-refractivity contribution in [1.29, 1.82) is 0 Å². The first kappa shape index (κ1) is 29.3. The third-order valence-corrected chi connectivity index (χ3v) is 11.4. The number of thiophene rings is 2. The molecule has 8 rings (SSSR count). The van der Waals surface area contributed by atoms with Gasteiger partial charge in [-0.05, 0) is 116 Å². The van der Waals surface area contributed by atoms with Crippen LogP contribution in [0, 0.1) is 11.8 Å². The fourth-order valence-corrected chi connectivity index (χ4v) is 8.90. The van der Waals surface area contributed by atoms with Crippen LogP contribution in [0.15, 0.2) is 63.1 Å². The molecule has 0 amide bonds. The second kappa shape index (κ2) is 12.6. The number of pyridine rings is 2. The van der Waals surface area contributed by atoms with Gasteiger partial charge in [-0.15, -0.1) is 22.7 Å². The Labute approximate surface area is 272 Å². The lowest BCUT2D eigenvalue weighted by molar-refractivity contribution is 0.343. The normalized spacial score (nSPS) is 18.3. The summed E-state index contributed by atoms with van der Waals surface area (Å²) in [6.45, 7) is 3.95. The van der Waals surface area contributed by atoms with Crippen LogP contribution in [0.25, 0.3) is 43.5 Å². The van der Waals surface area contributed by atoms with E-state index in [1.165, 1.54) is 35.5 Å². The zero-order valence-corrected chi connectivity index (χ0v) is 26.8. The van der Waals surface area contributed by atoms with E-state index >= 15 is 0 Å². The lowest BCUT2D eigenvalue weighted by atomic mass is 9.77. The van der Waals surface area contributed by atoms with E-state index in [0.717, 1.165) is 73.2 Å². The van der Waals surface area contributed by atoms with Crippen molar-refractivity contribution in [3.8, 4) is 23.0 Å². The van der Waals surface area contributed by atoms with E-state index in [9.17, 15) is 9.59 Å². The molecule has 2 aliphatic rings. The van der Waals surface area contributed by atoms with Gasteiger partial charge in [-0.25, -0.2) is 9.97 Å². The number of aromatic nitrogens is 6. The molecule has 0 aliphatic carbocycles. The Balaban J connectivity index is 1.17. The van der Waals surface area contributed by atoms with Crippen molar-refractivity contribution >= 4 is 43.1 Å². The number of fused-ring (bicyclic) bond motifs is 2. The summed E-state index contributed by atoms with van der Waals surface area (Å²) in [5.74, 6) is 1.86.